The third kappa shape index (κ3) is 3.50. The Bertz CT molecular complexity index is 777. The Morgan fingerprint density at radius 3 is 2.62 bits per heavy atom. The highest BCUT2D eigenvalue weighted by atomic mass is 32.2. The van der Waals surface area contributed by atoms with Gasteiger partial charge in [0.2, 0.25) is 10.0 Å². The van der Waals surface area contributed by atoms with Crippen LogP contribution < -0.4 is 4.74 Å². The Labute approximate surface area is 148 Å². The molecule has 3 rings (SSSR count). The second-order valence-corrected chi connectivity index (χ2v) is 8.80. The van der Waals surface area contributed by atoms with E-state index in [1.165, 1.54) is 5.56 Å². The van der Waals surface area contributed by atoms with E-state index in [0.717, 1.165) is 18.4 Å². The average Bonchev–Trinajstić information content (AvgIpc) is 3.11. The topological polar surface area (TPSA) is 46.6 Å². The summed E-state index contributed by atoms with van der Waals surface area (Å²) in [6.45, 7) is 5.33. The number of nitrogens with zero attached hydrogens (tertiary/aromatic N) is 1. The normalized spacial score (nSPS) is 17.1. The van der Waals surface area contributed by atoms with Crippen molar-refractivity contribution in [2.75, 3.05) is 19.7 Å². The summed E-state index contributed by atoms with van der Waals surface area (Å²) in [5, 5.41) is 4.25. The van der Waals surface area contributed by atoms with E-state index in [1.807, 2.05) is 19.9 Å². The minimum Gasteiger partial charge on any atom is -0.492 e. The van der Waals surface area contributed by atoms with Crippen LogP contribution in [-0.4, -0.2) is 32.4 Å². The standard InChI is InChI=1S/C18H23NO3S2/c1-3-22-17-5-4-14(2)12-18(17)24(20,21)19-9-6-15(7-10-19)16-8-11-23-13-16/h4-5,8,11-13,15H,3,6-7,9-10H2,1-2H3. The third-order valence-corrected chi connectivity index (χ3v) is 7.11. The summed E-state index contributed by atoms with van der Waals surface area (Å²) in [5.41, 5.74) is 2.26. The van der Waals surface area contributed by atoms with Crippen LogP contribution in [0.25, 0.3) is 0 Å². The van der Waals surface area contributed by atoms with Gasteiger partial charge >= 0.3 is 0 Å². The predicted molar refractivity (Wildman–Crippen MR) is 97.4 cm³/mol. The van der Waals surface area contributed by atoms with Crippen LogP contribution in [0.1, 0.15) is 36.8 Å². The van der Waals surface area contributed by atoms with Crippen molar-refractivity contribution >= 4 is 21.4 Å². The number of aryl methyl sites for hydroxylation is 1. The van der Waals surface area contributed by atoms with Crippen molar-refractivity contribution in [1.29, 1.82) is 0 Å². The summed E-state index contributed by atoms with van der Waals surface area (Å²) in [4.78, 5) is 0.290. The van der Waals surface area contributed by atoms with Gasteiger partial charge in [0.05, 0.1) is 6.61 Å². The summed E-state index contributed by atoms with van der Waals surface area (Å²) in [6, 6.07) is 7.50. The van der Waals surface area contributed by atoms with Gasteiger partial charge in [0.25, 0.3) is 0 Å². The molecule has 0 unspecified atom stereocenters. The van der Waals surface area contributed by atoms with E-state index in [1.54, 1.807) is 27.8 Å². The van der Waals surface area contributed by atoms with Gasteiger partial charge in [-0.2, -0.15) is 15.6 Å². The maximum atomic E-state index is 13.1. The van der Waals surface area contributed by atoms with E-state index < -0.39 is 10.0 Å². The molecule has 130 valence electrons. The van der Waals surface area contributed by atoms with Gasteiger partial charge in [-0.05, 0) is 72.7 Å². The van der Waals surface area contributed by atoms with Crippen LogP contribution in [0, 0.1) is 6.92 Å². The molecular formula is C18H23NO3S2. The molecule has 1 aliphatic rings. The molecule has 0 aliphatic carbocycles. The molecule has 0 saturated carbocycles. The van der Waals surface area contributed by atoms with E-state index in [2.05, 4.69) is 16.8 Å². The van der Waals surface area contributed by atoms with E-state index in [-0.39, 0.29) is 0 Å². The molecule has 2 heterocycles. The number of thiophene rings is 1. The second kappa shape index (κ2) is 7.25. The molecule has 4 nitrogen and oxygen atoms in total. The molecule has 2 aromatic rings. The number of piperidine rings is 1. The van der Waals surface area contributed by atoms with E-state index in [4.69, 9.17) is 4.74 Å². The van der Waals surface area contributed by atoms with Crippen LogP contribution >= 0.6 is 11.3 Å². The zero-order valence-electron chi connectivity index (χ0n) is 14.1. The molecule has 1 aromatic heterocycles. The average molecular weight is 366 g/mol. The Morgan fingerprint density at radius 1 is 1.25 bits per heavy atom. The van der Waals surface area contributed by atoms with Crippen molar-refractivity contribution in [3.05, 3.63) is 46.2 Å². The number of hydrogen-bond donors (Lipinski definition) is 0. The minimum absolute atomic E-state index is 0.290. The largest absolute Gasteiger partial charge is 0.492 e. The SMILES string of the molecule is CCOc1ccc(C)cc1S(=O)(=O)N1CCC(c2ccsc2)CC1. The van der Waals surface area contributed by atoms with Crippen LogP contribution in [0.2, 0.25) is 0 Å². The van der Waals surface area contributed by atoms with Crippen molar-refractivity contribution in [3.8, 4) is 5.75 Å². The van der Waals surface area contributed by atoms with Crippen molar-refractivity contribution < 1.29 is 13.2 Å². The first-order chi connectivity index (χ1) is 11.5. The fraction of sp³-hybridized carbons (Fsp3) is 0.444. The monoisotopic (exact) mass is 365 g/mol. The molecule has 24 heavy (non-hydrogen) atoms. The highest BCUT2D eigenvalue weighted by molar-refractivity contribution is 7.89. The Kier molecular flexibility index (Phi) is 5.27. The first-order valence-corrected chi connectivity index (χ1v) is 10.7. The lowest BCUT2D eigenvalue weighted by Crippen LogP contribution is -2.38. The van der Waals surface area contributed by atoms with Gasteiger partial charge in [0, 0.05) is 13.1 Å². The van der Waals surface area contributed by atoms with Crippen LogP contribution in [0.5, 0.6) is 5.75 Å². The molecule has 0 amide bonds. The number of sulfonamides is 1. The Morgan fingerprint density at radius 2 is 2.00 bits per heavy atom. The molecular weight excluding hydrogens is 342 g/mol. The molecule has 6 heteroatoms. The maximum absolute atomic E-state index is 13.1. The first-order valence-electron chi connectivity index (χ1n) is 8.28. The smallest absolute Gasteiger partial charge is 0.246 e. The van der Waals surface area contributed by atoms with Gasteiger partial charge in [-0.3, -0.25) is 0 Å². The molecule has 1 aliphatic heterocycles. The van der Waals surface area contributed by atoms with Gasteiger partial charge in [0.15, 0.2) is 0 Å². The third-order valence-electron chi connectivity index (χ3n) is 4.49. The van der Waals surface area contributed by atoms with Gasteiger partial charge in [0.1, 0.15) is 10.6 Å². The first kappa shape index (κ1) is 17.5. The zero-order valence-corrected chi connectivity index (χ0v) is 15.7. The lowest BCUT2D eigenvalue weighted by molar-refractivity contribution is 0.311. The van der Waals surface area contributed by atoms with E-state index in [9.17, 15) is 8.42 Å². The molecule has 0 bridgehead atoms. The summed E-state index contributed by atoms with van der Waals surface area (Å²) >= 11 is 1.70. The molecule has 0 radical (unpaired) electrons. The van der Waals surface area contributed by atoms with Crippen LogP contribution in [-0.2, 0) is 10.0 Å². The zero-order chi connectivity index (χ0) is 17.2. The summed E-state index contributed by atoms with van der Waals surface area (Å²) in [6.07, 6.45) is 1.73. The van der Waals surface area contributed by atoms with Crippen molar-refractivity contribution in [1.82, 2.24) is 4.31 Å². The fourth-order valence-corrected chi connectivity index (χ4v) is 5.60. The summed E-state index contributed by atoms with van der Waals surface area (Å²) in [7, 11) is -3.52. The Balaban J connectivity index is 1.81. The Hall–Kier alpha value is -1.37. The van der Waals surface area contributed by atoms with Crippen molar-refractivity contribution in [2.45, 2.75) is 37.5 Å². The lowest BCUT2D eigenvalue weighted by atomic mass is 9.92. The molecule has 0 atom stereocenters. The van der Waals surface area contributed by atoms with Gasteiger partial charge in [-0.1, -0.05) is 6.07 Å². The summed E-state index contributed by atoms with van der Waals surface area (Å²) in [5.74, 6) is 0.912. The van der Waals surface area contributed by atoms with Gasteiger partial charge < -0.3 is 4.74 Å². The van der Waals surface area contributed by atoms with Crippen molar-refractivity contribution in [2.24, 2.45) is 0 Å². The van der Waals surface area contributed by atoms with Gasteiger partial charge in [-0.15, -0.1) is 0 Å². The van der Waals surface area contributed by atoms with Gasteiger partial charge in [-0.25, -0.2) is 8.42 Å². The lowest BCUT2D eigenvalue weighted by Gasteiger charge is -2.31. The quantitative estimate of drug-likeness (QED) is 0.804. The molecule has 0 N–H and O–H groups in total. The maximum Gasteiger partial charge on any atom is 0.246 e. The van der Waals surface area contributed by atoms with E-state index >= 15 is 0 Å². The van der Waals surface area contributed by atoms with Crippen LogP contribution in [0.4, 0.5) is 0 Å². The number of hydrogen-bond acceptors (Lipinski definition) is 4. The second-order valence-electron chi connectivity index (χ2n) is 6.12. The predicted octanol–water partition coefficient (Wildman–Crippen LogP) is 4.02. The highest BCUT2D eigenvalue weighted by Crippen LogP contribution is 2.34. The molecule has 1 aromatic carbocycles. The highest BCUT2D eigenvalue weighted by Gasteiger charge is 2.32. The molecule has 1 saturated heterocycles. The van der Waals surface area contributed by atoms with Crippen LogP contribution in [0.3, 0.4) is 0 Å². The number of benzene rings is 1. The minimum atomic E-state index is -3.52. The fourth-order valence-electron chi connectivity index (χ4n) is 3.17. The van der Waals surface area contributed by atoms with E-state index in [0.29, 0.717) is 36.3 Å². The van der Waals surface area contributed by atoms with Crippen LogP contribution in [0.15, 0.2) is 39.9 Å². The number of rotatable bonds is 5. The number of ether oxygens (including phenoxy) is 1. The summed E-state index contributed by atoms with van der Waals surface area (Å²) < 4.78 is 33.3. The molecule has 0 spiro atoms. The molecule has 1 fully saturated rings. The van der Waals surface area contributed by atoms with Crippen molar-refractivity contribution in [3.63, 3.8) is 0 Å².